The molecule has 172 valence electrons. The number of halogens is 1. The second-order valence-corrected chi connectivity index (χ2v) is 8.36. The highest BCUT2D eigenvalue weighted by Gasteiger charge is 2.36. The van der Waals surface area contributed by atoms with Crippen molar-refractivity contribution in [1.29, 1.82) is 0 Å². The van der Waals surface area contributed by atoms with Gasteiger partial charge in [0.2, 0.25) is 11.8 Å². The monoisotopic (exact) mass is 477 g/mol. The van der Waals surface area contributed by atoms with Crippen molar-refractivity contribution in [2.45, 2.75) is 25.8 Å². The van der Waals surface area contributed by atoms with Crippen LogP contribution in [-0.4, -0.2) is 36.3 Å². The molecule has 1 amide bonds. The molecule has 1 aliphatic heterocycles. The SMILES string of the molecule is CCC(=O)N1N=C(c2c(O)n(-c3cccc(Cl)c3)c(=O)[nH]c2=O)CC1c1c[nH]c2ccccc12. The van der Waals surface area contributed by atoms with Crippen LogP contribution in [0.25, 0.3) is 16.6 Å². The minimum Gasteiger partial charge on any atom is -0.493 e. The number of aromatic amines is 2. The summed E-state index contributed by atoms with van der Waals surface area (Å²) in [6.07, 6.45) is 2.21. The molecule has 0 saturated heterocycles. The molecule has 4 aromatic rings. The molecule has 9 nitrogen and oxygen atoms in total. The molecule has 0 spiro atoms. The quantitative estimate of drug-likeness (QED) is 0.416. The molecule has 5 rings (SSSR count). The molecule has 3 heterocycles. The Labute approximate surface area is 197 Å². The van der Waals surface area contributed by atoms with Crippen LogP contribution in [0, 0.1) is 0 Å². The van der Waals surface area contributed by atoms with Crippen molar-refractivity contribution in [1.82, 2.24) is 19.5 Å². The number of para-hydroxylation sites is 1. The lowest BCUT2D eigenvalue weighted by Crippen LogP contribution is -2.33. The topological polar surface area (TPSA) is 124 Å². The third-order valence-electron chi connectivity index (χ3n) is 5.89. The van der Waals surface area contributed by atoms with E-state index in [2.05, 4.69) is 15.1 Å². The first-order chi connectivity index (χ1) is 16.4. The zero-order valence-electron chi connectivity index (χ0n) is 18.1. The summed E-state index contributed by atoms with van der Waals surface area (Å²) in [5.41, 5.74) is 0.452. The summed E-state index contributed by atoms with van der Waals surface area (Å²) in [6, 6.07) is 13.5. The number of fused-ring (bicyclic) bond motifs is 1. The Morgan fingerprint density at radius 2 is 2.00 bits per heavy atom. The van der Waals surface area contributed by atoms with Gasteiger partial charge in [0.1, 0.15) is 5.56 Å². The molecule has 0 saturated carbocycles. The van der Waals surface area contributed by atoms with Crippen LogP contribution < -0.4 is 11.2 Å². The lowest BCUT2D eigenvalue weighted by atomic mass is 9.98. The summed E-state index contributed by atoms with van der Waals surface area (Å²) in [4.78, 5) is 43.6. The van der Waals surface area contributed by atoms with Gasteiger partial charge in [-0.15, -0.1) is 0 Å². The number of nitrogens with one attached hydrogen (secondary N) is 2. The molecule has 3 N–H and O–H groups in total. The summed E-state index contributed by atoms with van der Waals surface area (Å²) in [7, 11) is 0. The summed E-state index contributed by atoms with van der Waals surface area (Å²) >= 11 is 6.05. The molecule has 1 aliphatic rings. The number of hydrogen-bond donors (Lipinski definition) is 3. The number of H-pyrrole nitrogens is 2. The van der Waals surface area contributed by atoms with Gasteiger partial charge in [-0.1, -0.05) is 42.8 Å². The van der Waals surface area contributed by atoms with E-state index in [-0.39, 0.29) is 35.7 Å². The zero-order valence-corrected chi connectivity index (χ0v) is 18.8. The highest BCUT2D eigenvalue weighted by atomic mass is 35.5. The summed E-state index contributed by atoms with van der Waals surface area (Å²) in [5, 5.41) is 18.1. The van der Waals surface area contributed by atoms with E-state index in [1.54, 1.807) is 25.1 Å². The summed E-state index contributed by atoms with van der Waals surface area (Å²) in [6.45, 7) is 1.73. The summed E-state index contributed by atoms with van der Waals surface area (Å²) in [5.74, 6) is -0.803. The Morgan fingerprint density at radius 1 is 1.21 bits per heavy atom. The number of carbonyl (C=O) groups excluding carboxylic acids is 1. The highest BCUT2D eigenvalue weighted by Crippen LogP contribution is 2.37. The Kier molecular flexibility index (Phi) is 5.33. The maximum absolute atomic E-state index is 12.8. The average molecular weight is 478 g/mol. The Bertz CT molecular complexity index is 1580. The Hall–Kier alpha value is -4.11. The molecular weight excluding hydrogens is 458 g/mol. The molecule has 0 fully saturated rings. The number of hydrogen-bond acceptors (Lipinski definition) is 5. The predicted octanol–water partition coefficient (Wildman–Crippen LogP) is 3.45. The van der Waals surface area contributed by atoms with Gasteiger partial charge >= 0.3 is 5.69 Å². The van der Waals surface area contributed by atoms with E-state index in [9.17, 15) is 19.5 Å². The Morgan fingerprint density at radius 3 is 2.76 bits per heavy atom. The van der Waals surface area contributed by atoms with Crippen LogP contribution in [-0.2, 0) is 4.79 Å². The number of aromatic nitrogens is 3. The first kappa shape index (κ1) is 21.7. The number of hydrazone groups is 1. The molecule has 0 radical (unpaired) electrons. The van der Waals surface area contributed by atoms with Crippen LogP contribution in [0.5, 0.6) is 5.88 Å². The molecule has 34 heavy (non-hydrogen) atoms. The molecule has 2 aromatic heterocycles. The van der Waals surface area contributed by atoms with E-state index in [1.165, 1.54) is 11.1 Å². The number of nitrogens with zero attached hydrogens (tertiary/aromatic N) is 3. The molecular formula is C24H20ClN5O4. The number of carbonyl (C=O) groups is 1. The van der Waals surface area contributed by atoms with Gasteiger partial charge in [-0.3, -0.25) is 14.6 Å². The van der Waals surface area contributed by atoms with Gasteiger partial charge in [0.05, 0.1) is 17.4 Å². The van der Waals surface area contributed by atoms with Crippen molar-refractivity contribution in [2.75, 3.05) is 0 Å². The van der Waals surface area contributed by atoms with E-state index in [0.717, 1.165) is 21.0 Å². The van der Waals surface area contributed by atoms with Gasteiger partial charge in [0, 0.05) is 40.5 Å². The molecule has 10 heteroatoms. The number of benzene rings is 2. The van der Waals surface area contributed by atoms with Crippen LogP contribution in [0.4, 0.5) is 0 Å². The van der Waals surface area contributed by atoms with Gasteiger partial charge in [0.15, 0.2) is 0 Å². The van der Waals surface area contributed by atoms with Gasteiger partial charge in [0.25, 0.3) is 5.56 Å². The van der Waals surface area contributed by atoms with Crippen molar-refractivity contribution < 1.29 is 9.90 Å². The van der Waals surface area contributed by atoms with Crippen molar-refractivity contribution in [3.05, 3.63) is 91.7 Å². The second-order valence-electron chi connectivity index (χ2n) is 7.92. The van der Waals surface area contributed by atoms with E-state index in [0.29, 0.717) is 5.02 Å². The number of rotatable bonds is 4. The van der Waals surface area contributed by atoms with Crippen LogP contribution >= 0.6 is 11.6 Å². The minimum atomic E-state index is -0.818. The van der Waals surface area contributed by atoms with Crippen molar-refractivity contribution in [3.63, 3.8) is 0 Å². The van der Waals surface area contributed by atoms with Crippen molar-refractivity contribution >= 4 is 34.1 Å². The van der Waals surface area contributed by atoms with Gasteiger partial charge < -0.3 is 10.1 Å². The smallest absolute Gasteiger partial charge is 0.335 e. The second kappa shape index (κ2) is 8.35. The van der Waals surface area contributed by atoms with Gasteiger partial charge in [-0.05, 0) is 24.3 Å². The number of aromatic hydroxyl groups is 1. The maximum atomic E-state index is 12.8. The van der Waals surface area contributed by atoms with Crippen LogP contribution in [0.3, 0.4) is 0 Å². The summed E-state index contributed by atoms with van der Waals surface area (Å²) < 4.78 is 0.954. The van der Waals surface area contributed by atoms with E-state index in [4.69, 9.17) is 11.6 Å². The number of amides is 1. The van der Waals surface area contributed by atoms with E-state index >= 15 is 0 Å². The third kappa shape index (κ3) is 3.50. The maximum Gasteiger partial charge on any atom is 0.335 e. The molecule has 1 atom stereocenters. The largest absolute Gasteiger partial charge is 0.493 e. The van der Waals surface area contributed by atoms with Gasteiger partial charge in [-0.2, -0.15) is 5.10 Å². The normalized spacial score (nSPS) is 15.6. The Balaban J connectivity index is 1.65. The lowest BCUT2D eigenvalue weighted by molar-refractivity contribution is -0.132. The third-order valence-corrected chi connectivity index (χ3v) is 6.12. The minimum absolute atomic E-state index is 0.171. The predicted molar refractivity (Wildman–Crippen MR) is 129 cm³/mol. The standard InChI is InChI=1S/C24H20ClN5O4/c1-2-20(31)30-19(16-12-26-17-9-4-3-8-15(16)17)11-18(28-30)21-22(32)27-24(34)29(23(21)33)14-7-5-6-13(25)10-14/h3-10,12,19,26,33H,2,11H2,1H3,(H,27,32,34). The highest BCUT2D eigenvalue weighted by molar-refractivity contribution is 6.30. The fourth-order valence-corrected chi connectivity index (χ4v) is 4.49. The average Bonchev–Trinajstić information content (AvgIpc) is 3.42. The molecule has 0 bridgehead atoms. The van der Waals surface area contributed by atoms with E-state index < -0.39 is 23.2 Å². The van der Waals surface area contributed by atoms with Crippen LogP contribution in [0.15, 0.2) is 69.4 Å². The molecule has 0 aliphatic carbocycles. The fourth-order valence-electron chi connectivity index (χ4n) is 4.31. The first-order valence-electron chi connectivity index (χ1n) is 10.7. The van der Waals surface area contributed by atoms with Crippen molar-refractivity contribution in [3.8, 4) is 11.6 Å². The first-order valence-corrected chi connectivity index (χ1v) is 11.1. The van der Waals surface area contributed by atoms with Crippen LogP contribution in [0.1, 0.15) is 36.9 Å². The van der Waals surface area contributed by atoms with Gasteiger partial charge in [-0.25, -0.2) is 14.4 Å². The zero-order chi connectivity index (χ0) is 24.0. The molecule has 1 unspecified atom stereocenters. The van der Waals surface area contributed by atoms with Crippen molar-refractivity contribution in [2.24, 2.45) is 5.10 Å². The van der Waals surface area contributed by atoms with E-state index in [1.807, 2.05) is 30.5 Å². The van der Waals surface area contributed by atoms with Crippen LogP contribution in [0.2, 0.25) is 5.02 Å². The molecule has 2 aromatic carbocycles. The fraction of sp³-hybridized carbons (Fsp3) is 0.167. The lowest BCUT2D eigenvalue weighted by Gasteiger charge is -2.20.